The SMILES string of the molecule is CC(C)(C)Cc1cc(-c2[c-]cccc2)ncc1[Si](C)(C)C.[Ir].[c-]1ccc2c(oc3c(-c4ccccc4)cccc32)c1-c1cc(C2CCCCC2)ccn1. The number of rotatable bonds is 6. The van der Waals surface area contributed by atoms with Crippen LogP contribution in [0.5, 0.6) is 0 Å². The molecule has 3 heterocycles. The molecule has 1 fully saturated rings. The maximum absolute atomic E-state index is 6.54. The summed E-state index contributed by atoms with van der Waals surface area (Å²) in [5.41, 5.74) is 11.2. The van der Waals surface area contributed by atoms with Crippen LogP contribution in [-0.2, 0) is 26.5 Å². The fraction of sp³-hybridized carbons (Fsp3) is 0.292. The first-order chi connectivity index (χ1) is 25.0. The first kappa shape index (κ1) is 38.6. The third-order valence-electron chi connectivity index (χ3n) is 10.2. The molecule has 0 aliphatic heterocycles. The molecule has 3 aromatic heterocycles. The predicted octanol–water partition coefficient (Wildman–Crippen LogP) is 12.8. The average molecular weight is 891 g/mol. The van der Waals surface area contributed by atoms with Crippen LogP contribution >= 0.6 is 0 Å². The Labute approximate surface area is 330 Å². The van der Waals surface area contributed by atoms with Gasteiger partial charge in [-0.05, 0) is 58.8 Å². The zero-order chi connectivity index (χ0) is 36.3. The Morgan fingerprint density at radius 2 is 1.49 bits per heavy atom. The molecule has 8 rings (SSSR count). The zero-order valence-electron chi connectivity index (χ0n) is 31.9. The molecule has 5 heteroatoms. The van der Waals surface area contributed by atoms with E-state index in [-0.39, 0.29) is 25.5 Å². The van der Waals surface area contributed by atoms with E-state index in [1.807, 2.05) is 36.5 Å². The van der Waals surface area contributed by atoms with Crippen LogP contribution in [0.1, 0.15) is 69.9 Å². The minimum Gasteiger partial charge on any atom is -0.500 e. The van der Waals surface area contributed by atoms with Gasteiger partial charge in [-0.15, -0.1) is 54.1 Å². The maximum atomic E-state index is 6.54. The molecule has 4 aromatic carbocycles. The number of aromatic nitrogens is 2. The summed E-state index contributed by atoms with van der Waals surface area (Å²) in [6.07, 6.45) is 11.7. The minimum atomic E-state index is -1.37. The first-order valence-corrected chi connectivity index (χ1v) is 22.4. The number of furan rings is 1. The van der Waals surface area contributed by atoms with Crippen LogP contribution in [-0.4, -0.2) is 18.0 Å². The van der Waals surface area contributed by atoms with Crippen LogP contribution in [0.2, 0.25) is 19.6 Å². The van der Waals surface area contributed by atoms with Crippen molar-refractivity contribution >= 4 is 35.2 Å². The van der Waals surface area contributed by atoms with Crippen molar-refractivity contribution in [3.63, 3.8) is 0 Å². The van der Waals surface area contributed by atoms with E-state index in [4.69, 9.17) is 14.4 Å². The molecule has 3 nitrogen and oxygen atoms in total. The molecule has 1 radical (unpaired) electrons. The predicted molar refractivity (Wildman–Crippen MR) is 222 cm³/mol. The van der Waals surface area contributed by atoms with Crippen molar-refractivity contribution < 1.29 is 24.5 Å². The summed E-state index contributed by atoms with van der Waals surface area (Å²) in [7, 11) is -1.37. The van der Waals surface area contributed by atoms with E-state index in [9.17, 15) is 0 Å². The van der Waals surface area contributed by atoms with Crippen molar-refractivity contribution in [1.29, 1.82) is 0 Å². The number of hydrogen-bond donors (Lipinski definition) is 0. The number of pyridine rings is 2. The van der Waals surface area contributed by atoms with Gasteiger partial charge >= 0.3 is 0 Å². The van der Waals surface area contributed by atoms with Crippen LogP contribution in [0.25, 0.3) is 55.6 Å². The van der Waals surface area contributed by atoms with Gasteiger partial charge in [-0.1, -0.05) is 142 Å². The van der Waals surface area contributed by atoms with E-state index >= 15 is 0 Å². The summed E-state index contributed by atoms with van der Waals surface area (Å²) in [6, 6.07) is 42.4. The molecule has 0 unspecified atom stereocenters. The van der Waals surface area contributed by atoms with Crippen molar-refractivity contribution in [2.75, 3.05) is 0 Å². The molecule has 1 aliphatic carbocycles. The Hall–Kier alpha value is -4.15. The molecule has 0 amide bonds. The molecule has 7 aromatic rings. The summed E-state index contributed by atoms with van der Waals surface area (Å²) in [5.74, 6) is 0.648. The third kappa shape index (κ3) is 8.98. The van der Waals surface area contributed by atoms with E-state index in [0.717, 1.165) is 62.0 Å². The molecular formula is C48H50IrN2OSi-2. The average Bonchev–Trinajstić information content (AvgIpc) is 3.54. The first-order valence-electron chi connectivity index (χ1n) is 18.9. The smallest absolute Gasteiger partial charge is 0.128 e. The maximum Gasteiger partial charge on any atom is 0.128 e. The van der Waals surface area contributed by atoms with Crippen molar-refractivity contribution in [3.05, 3.63) is 139 Å². The Morgan fingerprint density at radius 3 is 2.21 bits per heavy atom. The molecule has 0 atom stereocenters. The summed E-state index contributed by atoms with van der Waals surface area (Å²) < 4.78 is 6.54. The number of benzene rings is 4. The van der Waals surface area contributed by atoms with Gasteiger partial charge in [0.15, 0.2) is 0 Å². The Morgan fingerprint density at radius 1 is 0.736 bits per heavy atom. The van der Waals surface area contributed by atoms with Gasteiger partial charge in [0, 0.05) is 43.4 Å². The monoisotopic (exact) mass is 891 g/mol. The van der Waals surface area contributed by atoms with Crippen molar-refractivity contribution in [1.82, 2.24) is 9.97 Å². The van der Waals surface area contributed by atoms with Crippen molar-refractivity contribution in [2.24, 2.45) is 5.41 Å². The standard InChI is InChI=1S/C29H24NO.C19H26NSi.Ir/c1-3-9-20(10-4-1)22-17-18-30-27(19-22)26-16-8-15-25-24-14-7-13-23(28(24)31-29(25)26)21-11-5-2-6-12-21;1-19(2,3)13-16-12-17(15-10-8-7-9-11-15)20-14-18(16)21(4,5)6;/h2,5-8,11-15,17-20H,1,3-4,9-10H2;7-10,12,14H,13H2,1-6H3;/q2*-1;. The molecule has 0 spiro atoms. The van der Waals surface area contributed by atoms with Crippen LogP contribution in [0.15, 0.2) is 120 Å². The molecule has 1 aliphatic rings. The summed E-state index contributed by atoms with van der Waals surface area (Å²) in [5, 5.41) is 3.73. The van der Waals surface area contributed by atoms with Gasteiger partial charge in [-0.2, -0.15) is 0 Å². The second kappa shape index (κ2) is 16.5. The molecular weight excluding hydrogens is 841 g/mol. The molecule has 0 N–H and O–H groups in total. The van der Waals surface area contributed by atoms with Crippen LogP contribution in [0.4, 0.5) is 0 Å². The second-order valence-electron chi connectivity index (χ2n) is 16.5. The Bertz CT molecular complexity index is 2280. The molecule has 0 bridgehead atoms. The minimum absolute atomic E-state index is 0. The molecule has 53 heavy (non-hydrogen) atoms. The van der Waals surface area contributed by atoms with Gasteiger partial charge in [0.05, 0.1) is 13.7 Å². The van der Waals surface area contributed by atoms with E-state index < -0.39 is 8.07 Å². The number of hydrogen-bond acceptors (Lipinski definition) is 3. The molecule has 1 saturated carbocycles. The van der Waals surface area contributed by atoms with Crippen LogP contribution < -0.4 is 5.19 Å². The largest absolute Gasteiger partial charge is 0.500 e. The fourth-order valence-corrected chi connectivity index (χ4v) is 9.24. The van der Waals surface area contributed by atoms with Gasteiger partial charge in [0.1, 0.15) is 5.58 Å². The van der Waals surface area contributed by atoms with E-state index in [1.165, 1.54) is 48.4 Å². The van der Waals surface area contributed by atoms with Gasteiger partial charge in [-0.3, -0.25) is 0 Å². The zero-order valence-corrected chi connectivity index (χ0v) is 35.3. The summed E-state index contributed by atoms with van der Waals surface area (Å²) in [4.78, 5) is 9.42. The van der Waals surface area contributed by atoms with Gasteiger partial charge < -0.3 is 14.4 Å². The van der Waals surface area contributed by atoms with Gasteiger partial charge in [0.25, 0.3) is 0 Å². The van der Waals surface area contributed by atoms with Crippen molar-refractivity contribution in [2.45, 2.75) is 84.9 Å². The van der Waals surface area contributed by atoms with E-state index in [0.29, 0.717) is 5.92 Å². The van der Waals surface area contributed by atoms with Gasteiger partial charge in [-0.25, -0.2) is 0 Å². The number of para-hydroxylation sites is 1. The topological polar surface area (TPSA) is 38.9 Å². The quantitative estimate of drug-likeness (QED) is 0.123. The van der Waals surface area contributed by atoms with Gasteiger partial charge in [0.2, 0.25) is 0 Å². The van der Waals surface area contributed by atoms with E-state index in [1.54, 1.807) is 0 Å². The van der Waals surface area contributed by atoms with E-state index in [2.05, 4.69) is 132 Å². The molecule has 273 valence electrons. The van der Waals surface area contributed by atoms with Crippen LogP contribution in [0, 0.1) is 17.5 Å². The second-order valence-corrected chi connectivity index (χ2v) is 21.6. The Kier molecular flexibility index (Phi) is 12.0. The third-order valence-corrected chi connectivity index (χ3v) is 12.2. The normalized spacial score (nSPS) is 13.7. The summed E-state index contributed by atoms with van der Waals surface area (Å²) in [6.45, 7) is 14.1. The fourth-order valence-electron chi connectivity index (χ4n) is 7.66. The van der Waals surface area contributed by atoms with Crippen molar-refractivity contribution in [3.8, 4) is 33.6 Å². The number of fused-ring (bicyclic) bond motifs is 3. The number of nitrogens with zero attached hydrogens (tertiary/aromatic N) is 2. The van der Waals surface area contributed by atoms with Crippen LogP contribution in [0.3, 0.4) is 0 Å². The summed E-state index contributed by atoms with van der Waals surface area (Å²) >= 11 is 0. The Balaban J connectivity index is 0.000000193. The molecule has 0 saturated heterocycles.